The largest absolute Gasteiger partial charge is 0.493 e. The molecule has 0 saturated carbocycles. The molecule has 0 aliphatic heterocycles. The van der Waals surface area contributed by atoms with Crippen molar-refractivity contribution in [2.24, 2.45) is 11.0 Å². The average Bonchev–Trinajstić information content (AvgIpc) is 2.56. The van der Waals surface area contributed by atoms with Gasteiger partial charge in [0.25, 0.3) is 5.91 Å². The van der Waals surface area contributed by atoms with E-state index in [1.54, 1.807) is 42.5 Å². The number of ether oxygens (including phenoxy) is 1. The van der Waals surface area contributed by atoms with Gasteiger partial charge in [-0.2, -0.15) is 5.10 Å². The maximum atomic E-state index is 12.1. The predicted molar refractivity (Wildman–Crippen MR) is 98.3 cm³/mol. The quantitative estimate of drug-likeness (QED) is 0.591. The number of carbonyl (C=O) groups excluding carboxylic acids is 1. The van der Waals surface area contributed by atoms with Crippen molar-refractivity contribution in [1.82, 2.24) is 5.43 Å². The molecule has 0 fully saturated rings. The standard InChI is InChI=1S/C18H18Cl2N2O2/c1-12(2)11-24-14-8-6-13(7-9-14)18(23)22-21-10-15-16(19)4-3-5-17(15)20/h3-10,12H,11H2,1-2H3,(H,22,23)/b21-10+. The fourth-order valence-electron chi connectivity index (χ4n) is 1.82. The zero-order valence-corrected chi connectivity index (χ0v) is 14.9. The van der Waals surface area contributed by atoms with Crippen LogP contribution in [0.1, 0.15) is 29.8 Å². The lowest BCUT2D eigenvalue weighted by Gasteiger charge is -2.08. The second-order valence-corrected chi connectivity index (χ2v) is 6.38. The topological polar surface area (TPSA) is 50.7 Å². The van der Waals surface area contributed by atoms with Crippen LogP contribution in [0.15, 0.2) is 47.6 Å². The monoisotopic (exact) mass is 364 g/mol. The summed E-state index contributed by atoms with van der Waals surface area (Å²) < 4.78 is 5.58. The number of nitrogens with one attached hydrogen (secondary N) is 1. The van der Waals surface area contributed by atoms with Crippen LogP contribution in [0.3, 0.4) is 0 Å². The van der Waals surface area contributed by atoms with E-state index in [0.717, 1.165) is 5.75 Å². The molecule has 0 spiro atoms. The maximum absolute atomic E-state index is 12.1. The van der Waals surface area contributed by atoms with Crippen LogP contribution in [0.2, 0.25) is 10.0 Å². The van der Waals surface area contributed by atoms with Crippen LogP contribution in [0.5, 0.6) is 5.75 Å². The predicted octanol–water partition coefficient (Wildman–Crippen LogP) is 4.79. The van der Waals surface area contributed by atoms with Gasteiger partial charge in [-0.1, -0.05) is 43.1 Å². The number of halogens is 2. The number of nitrogens with zero attached hydrogens (tertiary/aromatic N) is 1. The van der Waals surface area contributed by atoms with Crippen LogP contribution in [0.4, 0.5) is 0 Å². The highest BCUT2D eigenvalue weighted by molar-refractivity contribution is 6.38. The summed E-state index contributed by atoms with van der Waals surface area (Å²) >= 11 is 12.1. The normalized spacial score (nSPS) is 11.0. The summed E-state index contributed by atoms with van der Waals surface area (Å²) in [5, 5.41) is 4.83. The van der Waals surface area contributed by atoms with Crippen LogP contribution in [-0.2, 0) is 0 Å². The molecule has 0 bridgehead atoms. The van der Waals surface area contributed by atoms with E-state index >= 15 is 0 Å². The zero-order chi connectivity index (χ0) is 17.5. The molecule has 2 rings (SSSR count). The number of amides is 1. The summed E-state index contributed by atoms with van der Waals surface area (Å²) in [7, 11) is 0. The summed E-state index contributed by atoms with van der Waals surface area (Å²) in [6.07, 6.45) is 1.42. The highest BCUT2D eigenvalue weighted by atomic mass is 35.5. The van der Waals surface area contributed by atoms with E-state index < -0.39 is 0 Å². The minimum atomic E-state index is -0.329. The molecule has 2 aromatic rings. The Kier molecular flexibility index (Phi) is 6.64. The minimum Gasteiger partial charge on any atom is -0.493 e. The molecule has 6 heteroatoms. The molecule has 0 saturated heterocycles. The van der Waals surface area contributed by atoms with E-state index in [1.807, 2.05) is 0 Å². The third kappa shape index (κ3) is 5.25. The number of carbonyl (C=O) groups is 1. The van der Waals surface area contributed by atoms with Crippen LogP contribution in [0.25, 0.3) is 0 Å². The van der Waals surface area contributed by atoms with Gasteiger partial charge in [0, 0.05) is 11.1 Å². The maximum Gasteiger partial charge on any atom is 0.271 e. The van der Waals surface area contributed by atoms with E-state index in [2.05, 4.69) is 24.4 Å². The Balaban J connectivity index is 1.96. The van der Waals surface area contributed by atoms with E-state index in [0.29, 0.717) is 33.7 Å². The van der Waals surface area contributed by atoms with E-state index in [4.69, 9.17) is 27.9 Å². The van der Waals surface area contributed by atoms with E-state index in [1.165, 1.54) is 6.21 Å². The molecule has 24 heavy (non-hydrogen) atoms. The van der Waals surface area contributed by atoms with Crippen molar-refractivity contribution in [2.45, 2.75) is 13.8 Å². The van der Waals surface area contributed by atoms with Gasteiger partial charge in [-0.15, -0.1) is 0 Å². The highest BCUT2D eigenvalue weighted by Crippen LogP contribution is 2.22. The average molecular weight is 365 g/mol. The molecule has 1 N–H and O–H groups in total. The molecule has 0 aliphatic carbocycles. The van der Waals surface area contributed by atoms with E-state index in [9.17, 15) is 4.79 Å². The second kappa shape index (κ2) is 8.71. The van der Waals surface area contributed by atoms with Crippen LogP contribution >= 0.6 is 23.2 Å². The van der Waals surface area contributed by atoms with Crippen molar-refractivity contribution in [3.8, 4) is 5.75 Å². The third-order valence-electron chi connectivity index (χ3n) is 3.06. The zero-order valence-electron chi connectivity index (χ0n) is 13.4. The first-order valence-corrected chi connectivity index (χ1v) is 8.23. The molecule has 0 aromatic heterocycles. The minimum absolute atomic E-state index is 0.329. The number of benzene rings is 2. The SMILES string of the molecule is CC(C)COc1ccc(C(=O)N/N=C/c2c(Cl)cccc2Cl)cc1. The highest BCUT2D eigenvalue weighted by Gasteiger charge is 2.06. The Morgan fingerprint density at radius 1 is 1.17 bits per heavy atom. The van der Waals surface area contributed by atoms with Crippen LogP contribution < -0.4 is 10.2 Å². The van der Waals surface area contributed by atoms with Gasteiger partial charge in [0.15, 0.2) is 0 Å². The van der Waals surface area contributed by atoms with Gasteiger partial charge in [0.05, 0.1) is 22.9 Å². The lowest BCUT2D eigenvalue weighted by atomic mass is 10.2. The Morgan fingerprint density at radius 2 is 1.79 bits per heavy atom. The first kappa shape index (κ1) is 18.3. The Morgan fingerprint density at radius 3 is 2.38 bits per heavy atom. The molecule has 1 amide bonds. The first-order chi connectivity index (χ1) is 11.5. The lowest BCUT2D eigenvalue weighted by Crippen LogP contribution is -2.17. The summed E-state index contributed by atoms with van der Waals surface area (Å²) in [6.45, 7) is 4.78. The van der Waals surface area contributed by atoms with Crippen molar-refractivity contribution < 1.29 is 9.53 Å². The molecule has 0 unspecified atom stereocenters. The molecular weight excluding hydrogens is 347 g/mol. The van der Waals surface area contributed by atoms with Crippen molar-refractivity contribution in [3.05, 3.63) is 63.6 Å². The Bertz CT molecular complexity index is 708. The summed E-state index contributed by atoms with van der Waals surface area (Å²) in [6, 6.07) is 12.0. The third-order valence-corrected chi connectivity index (χ3v) is 3.72. The van der Waals surface area contributed by atoms with Crippen LogP contribution in [0, 0.1) is 5.92 Å². The van der Waals surface area contributed by atoms with Crippen molar-refractivity contribution >= 4 is 35.3 Å². The van der Waals surface area contributed by atoms with Gasteiger partial charge in [-0.3, -0.25) is 4.79 Å². The number of hydrogen-bond donors (Lipinski definition) is 1. The van der Waals surface area contributed by atoms with Crippen molar-refractivity contribution in [2.75, 3.05) is 6.61 Å². The first-order valence-electron chi connectivity index (χ1n) is 7.47. The van der Waals surface area contributed by atoms with Crippen molar-refractivity contribution in [3.63, 3.8) is 0 Å². The van der Waals surface area contributed by atoms with Gasteiger partial charge in [0.2, 0.25) is 0 Å². The molecule has 0 atom stereocenters. The molecule has 0 radical (unpaired) electrons. The summed E-state index contributed by atoms with van der Waals surface area (Å²) in [4.78, 5) is 12.1. The van der Waals surface area contributed by atoms with Crippen molar-refractivity contribution in [1.29, 1.82) is 0 Å². The van der Waals surface area contributed by atoms with Gasteiger partial charge in [-0.05, 0) is 42.3 Å². The summed E-state index contributed by atoms with van der Waals surface area (Å²) in [5.41, 5.74) is 3.48. The van der Waals surface area contributed by atoms with Gasteiger partial charge < -0.3 is 4.74 Å². The Hall–Kier alpha value is -2.04. The summed E-state index contributed by atoms with van der Waals surface area (Å²) in [5.74, 6) is 0.843. The molecule has 126 valence electrons. The molecular formula is C18H18Cl2N2O2. The van der Waals surface area contributed by atoms with Crippen LogP contribution in [-0.4, -0.2) is 18.7 Å². The van der Waals surface area contributed by atoms with E-state index in [-0.39, 0.29) is 5.91 Å². The fourth-order valence-corrected chi connectivity index (χ4v) is 2.31. The lowest BCUT2D eigenvalue weighted by molar-refractivity contribution is 0.0955. The molecule has 0 heterocycles. The molecule has 4 nitrogen and oxygen atoms in total. The van der Waals surface area contributed by atoms with Gasteiger partial charge >= 0.3 is 0 Å². The molecule has 2 aromatic carbocycles. The fraction of sp³-hybridized carbons (Fsp3) is 0.222. The Labute approximate surface area is 151 Å². The van der Waals surface area contributed by atoms with Gasteiger partial charge in [-0.25, -0.2) is 5.43 Å². The second-order valence-electron chi connectivity index (χ2n) is 5.56. The number of rotatable bonds is 6. The number of hydrogen-bond acceptors (Lipinski definition) is 3. The smallest absolute Gasteiger partial charge is 0.271 e. The number of hydrazone groups is 1. The molecule has 0 aliphatic rings. The van der Waals surface area contributed by atoms with Gasteiger partial charge in [0.1, 0.15) is 5.75 Å².